The second kappa shape index (κ2) is 6.74. The van der Waals surface area contributed by atoms with Crippen molar-refractivity contribution >= 4 is 11.6 Å². The van der Waals surface area contributed by atoms with Crippen LogP contribution in [0.2, 0.25) is 0 Å². The third kappa shape index (κ3) is 3.24. The Morgan fingerprint density at radius 3 is 2.81 bits per heavy atom. The largest absolute Gasteiger partial charge is 0.367 e. The van der Waals surface area contributed by atoms with Gasteiger partial charge in [0.1, 0.15) is 30.3 Å². The van der Waals surface area contributed by atoms with Crippen LogP contribution in [-0.2, 0) is 13.6 Å². The summed E-state index contributed by atoms with van der Waals surface area (Å²) in [6.07, 6.45) is 7.35. The Labute approximate surface area is 152 Å². The number of hydrogen-bond donors (Lipinski definition) is 1. The first-order valence-electron chi connectivity index (χ1n) is 8.71. The molecule has 0 amide bonds. The summed E-state index contributed by atoms with van der Waals surface area (Å²) in [5, 5.41) is 16.5. The third-order valence-corrected chi connectivity index (χ3v) is 4.83. The summed E-state index contributed by atoms with van der Waals surface area (Å²) in [4.78, 5) is 10.5. The van der Waals surface area contributed by atoms with Crippen LogP contribution in [0, 0.1) is 0 Å². The first-order chi connectivity index (χ1) is 12.6. The Morgan fingerprint density at radius 1 is 1.23 bits per heavy atom. The molecule has 9 heteroatoms. The van der Waals surface area contributed by atoms with Gasteiger partial charge in [0.05, 0.1) is 0 Å². The van der Waals surface area contributed by atoms with Crippen LogP contribution in [0.3, 0.4) is 0 Å². The molecule has 0 atom stereocenters. The molecule has 1 aliphatic rings. The fourth-order valence-electron chi connectivity index (χ4n) is 3.23. The van der Waals surface area contributed by atoms with Crippen molar-refractivity contribution in [1.29, 1.82) is 0 Å². The molecule has 1 fully saturated rings. The van der Waals surface area contributed by atoms with Crippen LogP contribution in [0.1, 0.15) is 30.4 Å². The molecule has 1 saturated carbocycles. The molecule has 1 N–H and O–H groups in total. The van der Waals surface area contributed by atoms with Crippen molar-refractivity contribution in [3.63, 3.8) is 0 Å². The second-order valence-corrected chi connectivity index (χ2v) is 6.90. The van der Waals surface area contributed by atoms with Gasteiger partial charge in [-0.1, -0.05) is 0 Å². The van der Waals surface area contributed by atoms with Crippen LogP contribution >= 0.6 is 0 Å². The van der Waals surface area contributed by atoms with E-state index in [4.69, 9.17) is 0 Å². The van der Waals surface area contributed by atoms with Crippen molar-refractivity contribution in [3.8, 4) is 0 Å². The number of anilines is 2. The molecule has 0 radical (unpaired) electrons. The molecule has 3 aromatic heterocycles. The summed E-state index contributed by atoms with van der Waals surface area (Å²) >= 11 is 0. The Hall–Kier alpha value is -2.97. The van der Waals surface area contributed by atoms with Crippen molar-refractivity contribution < 1.29 is 0 Å². The first kappa shape index (κ1) is 16.5. The lowest BCUT2D eigenvalue weighted by atomic mass is 9.79. The molecular weight excluding hydrogens is 330 g/mol. The molecule has 26 heavy (non-hydrogen) atoms. The number of hydrogen-bond acceptors (Lipinski definition) is 7. The predicted molar refractivity (Wildman–Crippen MR) is 98.1 cm³/mol. The van der Waals surface area contributed by atoms with Crippen LogP contribution in [0.15, 0.2) is 30.9 Å². The number of nitrogens with zero attached hydrogens (tertiary/aromatic N) is 8. The highest BCUT2D eigenvalue weighted by molar-refractivity contribution is 5.48. The fraction of sp³-hybridized carbons (Fsp3) is 0.471. The molecule has 0 spiro atoms. The highest BCUT2D eigenvalue weighted by Crippen LogP contribution is 2.37. The zero-order chi connectivity index (χ0) is 18.1. The van der Waals surface area contributed by atoms with Gasteiger partial charge in [-0.2, -0.15) is 5.10 Å². The zero-order valence-corrected chi connectivity index (χ0v) is 15.2. The van der Waals surface area contributed by atoms with Crippen LogP contribution < -0.4 is 10.2 Å². The van der Waals surface area contributed by atoms with Gasteiger partial charge in [0.15, 0.2) is 5.82 Å². The lowest BCUT2D eigenvalue weighted by molar-refractivity contribution is 0.351. The van der Waals surface area contributed by atoms with Crippen molar-refractivity contribution in [2.45, 2.75) is 31.3 Å². The molecule has 1 aliphatic carbocycles. The lowest BCUT2D eigenvalue weighted by Crippen LogP contribution is -2.35. The van der Waals surface area contributed by atoms with Crippen molar-refractivity contribution in [3.05, 3.63) is 42.5 Å². The minimum atomic E-state index is 0.399. The fourth-order valence-corrected chi connectivity index (χ4v) is 3.23. The van der Waals surface area contributed by atoms with Gasteiger partial charge in [0.2, 0.25) is 0 Å². The van der Waals surface area contributed by atoms with Crippen molar-refractivity contribution in [1.82, 2.24) is 34.5 Å². The smallest absolute Gasteiger partial charge is 0.154 e. The van der Waals surface area contributed by atoms with E-state index in [-0.39, 0.29) is 0 Å². The highest BCUT2D eigenvalue weighted by Gasteiger charge is 2.34. The van der Waals surface area contributed by atoms with Crippen molar-refractivity contribution in [2.75, 3.05) is 24.3 Å². The molecule has 0 saturated heterocycles. The van der Waals surface area contributed by atoms with Crippen LogP contribution in [-0.4, -0.2) is 54.7 Å². The molecule has 3 heterocycles. The average Bonchev–Trinajstić information content (AvgIpc) is 3.22. The number of nitrogens with one attached hydrogen (secondary N) is 1. The predicted octanol–water partition coefficient (Wildman–Crippen LogP) is 1.27. The molecule has 3 aromatic rings. The van der Waals surface area contributed by atoms with Gasteiger partial charge in [-0.15, -0.1) is 10.2 Å². The molecule has 0 unspecified atom stereocenters. The Morgan fingerprint density at radius 2 is 2.08 bits per heavy atom. The first-order valence-corrected chi connectivity index (χ1v) is 8.71. The molecular formula is C17H23N9. The zero-order valence-electron chi connectivity index (χ0n) is 15.2. The summed E-state index contributed by atoms with van der Waals surface area (Å²) in [7, 11) is 5.98. The Balaban J connectivity index is 1.36. The summed E-state index contributed by atoms with van der Waals surface area (Å²) in [5.74, 6) is 4.15. The summed E-state index contributed by atoms with van der Waals surface area (Å²) in [6, 6.07) is 4.28. The standard InChI is InChI=1S/C17H23N9/c1-24(2)15-9-14(18-11-19-15)21-13-7-12(8-13)17-23-22-16(25(17)3)10-26-6-4-5-20-26/h4-6,9,11-13H,7-8,10H2,1-3H3,(H,18,19,21). The quantitative estimate of drug-likeness (QED) is 0.714. The summed E-state index contributed by atoms with van der Waals surface area (Å²) in [6.45, 7) is 0.638. The highest BCUT2D eigenvalue weighted by atomic mass is 15.3. The maximum absolute atomic E-state index is 4.41. The van der Waals surface area contributed by atoms with E-state index in [1.807, 2.05) is 49.1 Å². The van der Waals surface area contributed by atoms with Gasteiger partial charge < -0.3 is 14.8 Å². The molecule has 136 valence electrons. The molecule has 0 aliphatic heterocycles. The van der Waals surface area contributed by atoms with Gasteiger partial charge in [0, 0.05) is 51.6 Å². The monoisotopic (exact) mass is 353 g/mol. The Kier molecular flexibility index (Phi) is 4.27. The van der Waals surface area contributed by atoms with E-state index < -0.39 is 0 Å². The molecule has 0 aromatic carbocycles. The minimum Gasteiger partial charge on any atom is -0.367 e. The molecule has 0 bridgehead atoms. The normalized spacial score (nSPS) is 19.2. The SMILES string of the molecule is CN(C)c1cc(NC2CC(c3nnc(Cn4cccn4)n3C)C2)ncn1. The summed E-state index contributed by atoms with van der Waals surface area (Å²) in [5.41, 5.74) is 0. The van der Waals surface area contributed by atoms with E-state index in [1.165, 1.54) is 0 Å². The third-order valence-electron chi connectivity index (χ3n) is 4.83. The maximum Gasteiger partial charge on any atom is 0.154 e. The van der Waals surface area contributed by atoms with Crippen molar-refractivity contribution in [2.24, 2.45) is 7.05 Å². The van der Waals surface area contributed by atoms with E-state index in [0.717, 1.165) is 36.1 Å². The second-order valence-electron chi connectivity index (χ2n) is 6.90. The average molecular weight is 353 g/mol. The van der Waals surface area contributed by atoms with E-state index >= 15 is 0 Å². The van der Waals surface area contributed by atoms with Crippen LogP contribution in [0.5, 0.6) is 0 Å². The van der Waals surface area contributed by atoms with Gasteiger partial charge in [-0.25, -0.2) is 9.97 Å². The molecule has 9 nitrogen and oxygen atoms in total. The number of rotatable bonds is 6. The van der Waals surface area contributed by atoms with E-state index in [2.05, 4.69) is 35.1 Å². The van der Waals surface area contributed by atoms with Gasteiger partial charge >= 0.3 is 0 Å². The van der Waals surface area contributed by atoms with Crippen LogP contribution in [0.4, 0.5) is 11.6 Å². The maximum atomic E-state index is 4.41. The van der Waals surface area contributed by atoms with Gasteiger partial charge in [-0.3, -0.25) is 4.68 Å². The Bertz CT molecular complexity index is 862. The summed E-state index contributed by atoms with van der Waals surface area (Å²) < 4.78 is 3.95. The van der Waals surface area contributed by atoms with E-state index in [0.29, 0.717) is 18.5 Å². The lowest BCUT2D eigenvalue weighted by Gasteiger charge is -2.35. The van der Waals surface area contributed by atoms with Gasteiger partial charge in [0.25, 0.3) is 0 Å². The van der Waals surface area contributed by atoms with Gasteiger partial charge in [-0.05, 0) is 18.9 Å². The van der Waals surface area contributed by atoms with E-state index in [1.54, 1.807) is 12.5 Å². The topological polar surface area (TPSA) is 89.6 Å². The van der Waals surface area contributed by atoms with Crippen LogP contribution in [0.25, 0.3) is 0 Å². The number of aromatic nitrogens is 7. The minimum absolute atomic E-state index is 0.399. The molecule has 4 rings (SSSR count). The van der Waals surface area contributed by atoms with E-state index in [9.17, 15) is 0 Å².